The summed E-state index contributed by atoms with van der Waals surface area (Å²) in [5.41, 5.74) is 18.1. The van der Waals surface area contributed by atoms with Crippen LogP contribution in [-0.2, 0) is 0 Å². The first-order chi connectivity index (χ1) is 7.99. The lowest BCUT2D eigenvalue weighted by atomic mass is 10.1. The first kappa shape index (κ1) is 12.9. The summed E-state index contributed by atoms with van der Waals surface area (Å²) < 4.78 is 0. The highest BCUT2D eigenvalue weighted by molar-refractivity contribution is 7.80. The summed E-state index contributed by atoms with van der Waals surface area (Å²) in [5.74, 6) is -0.0730. The molecule has 0 aliphatic rings. The van der Waals surface area contributed by atoms with E-state index in [1.807, 2.05) is 31.2 Å². The molecule has 0 saturated carbocycles. The van der Waals surface area contributed by atoms with Crippen molar-refractivity contribution in [1.29, 1.82) is 0 Å². The van der Waals surface area contributed by atoms with Crippen LogP contribution in [0.5, 0.6) is 0 Å². The SMILES string of the molecule is C/C(=N\N=C(N)N)c1ccc(NC(N)=S)cc1. The Morgan fingerprint density at radius 3 is 2.18 bits per heavy atom. The van der Waals surface area contributed by atoms with Crippen molar-refractivity contribution < 1.29 is 0 Å². The molecule has 0 atom stereocenters. The van der Waals surface area contributed by atoms with Crippen LogP contribution in [0.1, 0.15) is 12.5 Å². The van der Waals surface area contributed by atoms with E-state index < -0.39 is 0 Å². The van der Waals surface area contributed by atoms with Crippen LogP contribution >= 0.6 is 12.2 Å². The van der Waals surface area contributed by atoms with E-state index in [0.29, 0.717) is 5.71 Å². The molecule has 0 amide bonds. The van der Waals surface area contributed by atoms with Crippen molar-refractivity contribution in [3.8, 4) is 0 Å². The van der Waals surface area contributed by atoms with Crippen molar-refractivity contribution in [2.45, 2.75) is 6.92 Å². The average Bonchev–Trinajstić information content (AvgIpc) is 2.26. The minimum atomic E-state index is -0.0730. The van der Waals surface area contributed by atoms with Crippen LogP contribution in [0.2, 0.25) is 0 Å². The van der Waals surface area contributed by atoms with Gasteiger partial charge in [0.15, 0.2) is 5.11 Å². The summed E-state index contributed by atoms with van der Waals surface area (Å²) in [6.45, 7) is 1.81. The summed E-state index contributed by atoms with van der Waals surface area (Å²) in [6, 6.07) is 7.40. The number of guanidine groups is 1. The molecular formula is C10H14N6S. The van der Waals surface area contributed by atoms with Crippen LogP contribution in [0, 0.1) is 0 Å². The molecule has 0 unspecified atom stereocenters. The first-order valence-electron chi connectivity index (χ1n) is 4.79. The zero-order valence-corrected chi connectivity index (χ0v) is 10.2. The molecule has 17 heavy (non-hydrogen) atoms. The number of anilines is 1. The van der Waals surface area contributed by atoms with Crippen LogP contribution < -0.4 is 22.5 Å². The van der Waals surface area contributed by atoms with E-state index in [-0.39, 0.29) is 11.1 Å². The van der Waals surface area contributed by atoms with Crippen LogP contribution in [0.3, 0.4) is 0 Å². The van der Waals surface area contributed by atoms with Gasteiger partial charge in [0.1, 0.15) is 0 Å². The maximum atomic E-state index is 5.35. The molecular weight excluding hydrogens is 236 g/mol. The summed E-state index contributed by atoms with van der Waals surface area (Å²) in [4.78, 5) is 0. The summed E-state index contributed by atoms with van der Waals surface area (Å²) in [5, 5.41) is 10.5. The Balaban J connectivity index is 2.84. The van der Waals surface area contributed by atoms with Gasteiger partial charge in [-0.15, -0.1) is 5.10 Å². The molecule has 6 nitrogen and oxygen atoms in total. The zero-order valence-electron chi connectivity index (χ0n) is 9.34. The predicted molar refractivity (Wildman–Crippen MR) is 74.9 cm³/mol. The Morgan fingerprint density at radius 2 is 1.71 bits per heavy atom. The highest BCUT2D eigenvalue weighted by atomic mass is 32.1. The minimum absolute atomic E-state index is 0.0730. The maximum Gasteiger partial charge on any atom is 0.211 e. The Hall–Kier alpha value is -2.15. The van der Waals surface area contributed by atoms with Gasteiger partial charge >= 0.3 is 0 Å². The van der Waals surface area contributed by atoms with Gasteiger partial charge in [-0.25, -0.2) is 0 Å². The van der Waals surface area contributed by atoms with Gasteiger partial charge in [-0.1, -0.05) is 12.1 Å². The van der Waals surface area contributed by atoms with Crippen LogP contribution in [-0.4, -0.2) is 16.8 Å². The summed E-state index contributed by atoms with van der Waals surface area (Å²) in [7, 11) is 0. The van der Waals surface area contributed by atoms with Crippen molar-refractivity contribution in [3.63, 3.8) is 0 Å². The third-order valence-corrected chi connectivity index (χ3v) is 1.99. The number of nitrogens with one attached hydrogen (secondary N) is 1. The lowest BCUT2D eigenvalue weighted by Crippen LogP contribution is -2.22. The lowest BCUT2D eigenvalue weighted by molar-refractivity contribution is 1.20. The fourth-order valence-electron chi connectivity index (χ4n) is 1.13. The molecule has 0 heterocycles. The monoisotopic (exact) mass is 250 g/mol. The second-order valence-corrected chi connectivity index (χ2v) is 3.72. The molecule has 0 bridgehead atoms. The van der Waals surface area contributed by atoms with Crippen molar-refractivity contribution in [1.82, 2.24) is 0 Å². The van der Waals surface area contributed by atoms with E-state index in [1.165, 1.54) is 0 Å². The van der Waals surface area contributed by atoms with E-state index in [4.69, 9.17) is 29.4 Å². The third kappa shape index (κ3) is 4.47. The number of thiocarbonyl (C=S) groups is 1. The van der Waals surface area contributed by atoms with Gasteiger partial charge in [0, 0.05) is 5.69 Å². The summed E-state index contributed by atoms with van der Waals surface area (Å²) >= 11 is 4.73. The van der Waals surface area contributed by atoms with Crippen molar-refractivity contribution in [2.24, 2.45) is 27.4 Å². The second-order valence-electron chi connectivity index (χ2n) is 3.28. The number of nitrogens with zero attached hydrogens (tertiary/aromatic N) is 2. The van der Waals surface area contributed by atoms with E-state index in [0.717, 1.165) is 11.3 Å². The minimum Gasteiger partial charge on any atom is -0.376 e. The molecule has 0 radical (unpaired) electrons. The first-order valence-corrected chi connectivity index (χ1v) is 5.20. The number of hydrogen-bond donors (Lipinski definition) is 4. The quantitative estimate of drug-likeness (QED) is 0.267. The van der Waals surface area contributed by atoms with Crippen molar-refractivity contribution in [2.75, 3.05) is 5.32 Å². The smallest absolute Gasteiger partial charge is 0.211 e. The third-order valence-electron chi connectivity index (χ3n) is 1.89. The van der Waals surface area contributed by atoms with Gasteiger partial charge < -0.3 is 22.5 Å². The zero-order chi connectivity index (χ0) is 12.8. The normalized spacial score (nSPS) is 10.8. The van der Waals surface area contributed by atoms with Gasteiger partial charge in [0.05, 0.1) is 5.71 Å². The van der Waals surface area contributed by atoms with Gasteiger partial charge in [0.2, 0.25) is 5.96 Å². The lowest BCUT2D eigenvalue weighted by Gasteiger charge is -2.04. The second kappa shape index (κ2) is 5.80. The fourth-order valence-corrected chi connectivity index (χ4v) is 1.25. The Bertz CT molecular complexity index is 458. The van der Waals surface area contributed by atoms with Crippen molar-refractivity contribution >= 4 is 34.7 Å². The maximum absolute atomic E-state index is 5.35. The van der Waals surface area contributed by atoms with Crippen LogP contribution in [0.25, 0.3) is 0 Å². The Morgan fingerprint density at radius 1 is 1.12 bits per heavy atom. The van der Waals surface area contributed by atoms with Gasteiger partial charge in [-0.05, 0) is 36.8 Å². The molecule has 0 spiro atoms. The Kier molecular flexibility index (Phi) is 4.41. The molecule has 0 aliphatic heterocycles. The van der Waals surface area contributed by atoms with E-state index >= 15 is 0 Å². The molecule has 1 aromatic rings. The van der Waals surface area contributed by atoms with Crippen LogP contribution in [0.15, 0.2) is 34.5 Å². The fraction of sp³-hybridized carbons (Fsp3) is 0.100. The molecule has 1 aromatic carbocycles. The van der Waals surface area contributed by atoms with E-state index in [1.54, 1.807) is 0 Å². The van der Waals surface area contributed by atoms with Crippen molar-refractivity contribution in [3.05, 3.63) is 29.8 Å². The number of rotatable bonds is 3. The highest BCUT2D eigenvalue weighted by Crippen LogP contribution is 2.10. The predicted octanol–water partition coefficient (Wildman–Crippen LogP) is 0.340. The summed E-state index contributed by atoms with van der Waals surface area (Å²) in [6.07, 6.45) is 0. The highest BCUT2D eigenvalue weighted by Gasteiger charge is 1.98. The van der Waals surface area contributed by atoms with E-state index in [2.05, 4.69) is 15.5 Å². The molecule has 0 aromatic heterocycles. The molecule has 7 heteroatoms. The largest absolute Gasteiger partial charge is 0.376 e. The van der Waals surface area contributed by atoms with Crippen LogP contribution in [0.4, 0.5) is 5.69 Å². The van der Waals surface area contributed by atoms with E-state index in [9.17, 15) is 0 Å². The van der Waals surface area contributed by atoms with Gasteiger partial charge in [0.25, 0.3) is 0 Å². The number of nitrogens with two attached hydrogens (primary N) is 3. The Labute approximate surface area is 105 Å². The molecule has 90 valence electrons. The van der Waals surface area contributed by atoms with Gasteiger partial charge in [-0.3, -0.25) is 0 Å². The average molecular weight is 250 g/mol. The molecule has 1 rings (SSSR count). The number of hydrogen-bond acceptors (Lipinski definition) is 3. The van der Waals surface area contributed by atoms with Gasteiger partial charge in [-0.2, -0.15) is 5.10 Å². The molecule has 0 saturated heterocycles. The molecule has 7 N–H and O–H groups in total. The molecule has 0 fully saturated rings. The standard InChI is InChI=1S/C10H14N6S/c1-6(15-16-9(11)12)7-2-4-8(5-3-7)14-10(13)17/h2-5H,1H3,(H4,11,12,16)(H3,13,14,17)/b15-6+. The topological polar surface area (TPSA) is 115 Å². The molecule has 0 aliphatic carbocycles. The number of benzene rings is 1.